The first-order valence-corrected chi connectivity index (χ1v) is 8.26. The molecule has 4 heteroatoms. The van der Waals surface area contributed by atoms with Gasteiger partial charge in [0.2, 0.25) is 0 Å². The summed E-state index contributed by atoms with van der Waals surface area (Å²) in [5.41, 5.74) is 2.89. The van der Waals surface area contributed by atoms with Crippen molar-refractivity contribution in [3.63, 3.8) is 0 Å². The molecule has 4 nitrogen and oxygen atoms in total. The highest BCUT2D eigenvalue weighted by Gasteiger charge is 2.01. The van der Waals surface area contributed by atoms with E-state index in [1.165, 1.54) is 5.69 Å². The highest BCUT2D eigenvalue weighted by Crippen LogP contribution is 2.23. The number of rotatable bonds is 8. The van der Waals surface area contributed by atoms with E-state index in [4.69, 9.17) is 4.74 Å². The Bertz CT molecular complexity index is 602. The van der Waals surface area contributed by atoms with Crippen LogP contribution in [0.4, 0.5) is 17.1 Å². The van der Waals surface area contributed by atoms with E-state index >= 15 is 0 Å². The molecule has 0 saturated heterocycles. The smallest absolute Gasteiger partial charge is 0.119 e. The predicted octanol–water partition coefficient (Wildman–Crippen LogP) is 5.74. The van der Waals surface area contributed by atoms with Gasteiger partial charge in [-0.25, -0.2) is 0 Å². The van der Waals surface area contributed by atoms with E-state index in [0.29, 0.717) is 0 Å². The van der Waals surface area contributed by atoms with Crippen LogP contribution in [0.25, 0.3) is 0 Å². The topological polar surface area (TPSA) is 37.2 Å². The summed E-state index contributed by atoms with van der Waals surface area (Å²) >= 11 is 0. The fraction of sp³-hybridized carbons (Fsp3) is 0.368. The molecular weight excluding hydrogens is 286 g/mol. The second-order valence-corrected chi connectivity index (χ2v) is 5.23. The summed E-state index contributed by atoms with van der Waals surface area (Å²) < 4.78 is 5.55. The molecule has 0 amide bonds. The molecule has 0 aromatic heterocycles. The lowest BCUT2D eigenvalue weighted by atomic mass is 10.2. The maximum atomic E-state index is 5.55. The number of nitrogens with zero attached hydrogens (tertiary/aromatic N) is 3. The molecule has 0 fully saturated rings. The Morgan fingerprint density at radius 3 is 1.78 bits per heavy atom. The third-order valence-corrected chi connectivity index (χ3v) is 3.57. The molecule has 2 aromatic rings. The highest BCUT2D eigenvalue weighted by atomic mass is 16.5. The molecule has 0 spiro atoms. The summed E-state index contributed by atoms with van der Waals surface area (Å²) in [7, 11) is 0. The number of ether oxygens (including phenoxy) is 1. The monoisotopic (exact) mass is 311 g/mol. The summed E-state index contributed by atoms with van der Waals surface area (Å²) in [6.07, 6.45) is 1.00. The van der Waals surface area contributed by atoms with Gasteiger partial charge in [-0.3, -0.25) is 0 Å². The van der Waals surface area contributed by atoms with Gasteiger partial charge in [-0.1, -0.05) is 6.92 Å². The van der Waals surface area contributed by atoms with Gasteiger partial charge in [-0.2, -0.15) is 10.2 Å². The second-order valence-electron chi connectivity index (χ2n) is 5.23. The molecule has 2 aromatic carbocycles. The van der Waals surface area contributed by atoms with Crippen molar-refractivity contribution in [1.29, 1.82) is 0 Å². The summed E-state index contributed by atoms with van der Waals surface area (Å²) in [4.78, 5) is 2.30. The lowest BCUT2D eigenvalue weighted by Gasteiger charge is -2.20. The molecule has 23 heavy (non-hydrogen) atoms. The minimum Gasteiger partial charge on any atom is -0.494 e. The first kappa shape index (κ1) is 17.0. The third-order valence-electron chi connectivity index (χ3n) is 3.57. The van der Waals surface area contributed by atoms with Gasteiger partial charge in [-0.15, -0.1) is 0 Å². The molecule has 2 rings (SSSR count). The zero-order valence-electron chi connectivity index (χ0n) is 14.2. The van der Waals surface area contributed by atoms with Crippen molar-refractivity contribution in [1.82, 2.24) is 0 Å². The molecule has 0 aliphatic carbocycles. The Labute approximate surface area is 138 Å². The average molecular weight is 311 g/mol. The molecule has 122 valence electrons. The van der Waals surface area contributed by atoms with Crippen molar-refractivity contribution in [2.24, 2.45) is 10.2 Å². The average Bonchev–Trinajstić information content (AvgIpc) is 2.61. The standard InChI is InChI=1S/C19H25N3O/c1-4-15-23-19-13-9-17(10-14-19)21-20-16-7-11-18(12-8-16)22(5-2)6-3/h7-14H,4-6,15H2,1-3H3/b21-20+. The van der Waals surface area contributed by atoms with Gasteiger partial charge in [0, 0.05) is 18.8 Å². The van der Waals surface area contributed by atoms with Gasteiger partial charge < -0.3 is 9.64 Å². The molecular formula is C19H25N3O. The predicted molar refractivity (Wildman–Crippen MR) is 96.4 cm³/mol. The molecule has 0 aliphatic heterocycles. The van der Waals surface area contributed by atoms with Gasteiger partial charge in [0.05, 0.1) is 18.0 Å². The van der Waals surface area contributed by atoms with Gasteiger partial charge >= 0.3 is 0 Å². The summed E-state index contributed by atoms with van der Waals surface area (Å²) in [6, 6.07) is 15.8. The lowest BCUT2D eigenvalue weighted by molar-refractivity contribution is 0.317. The first-order chi connectivity index (χ1) is 11.3. The molecule has 0 heterocycles. The molecule has 0 atom stereocenters. The Morgan fingerprint density at radius 1 is 0.783 bits per heavy atom. The molecule has 0 unspecified atom stereocenters. The molecule has 0 radical (unpaired) electrons. The van der Waals surface area contributed by atoms with Crippen molar-refractivity contribution in [2.75, 3.05) is 24.6 Å². The van der Waals surface area contributed by atoms with Crippen LogP contribution >= 0.6 is 0 Å². The van der Waals surface area contributed by atoms with Crippen LogP contribution in [-0.4, -0.2) is 19.7 Å². The van der Waals surface area contributed by atoms with Crippen molar-refractivity contribution >= 4 is 17.1 Å². The van der Waals surface area contributed by atoms with Gasteiger partial charge in [0.25, 0.3) is 0 Å². The second kappa shape index (κ2) is 8.93. The van der Waals surface area contributed by atoms with Gasteiger partial charge in [0.15, 0.2) is 0 Å². The minimum atomic E-state index is 0.736. The molecule has 0 N–H and O–H groups in total. The number of benzene rings is 2. The van der Waals surface area contributed by atoms with E-state index in [-0.39, 0.29) is 0 Å². The molecule has 0 saturated carbocycles. The van der Waals surface area contributed by atoms with Crippen molar-refractivity contribution in [2.45, 2.75) is 27.2 Å². The van der Waals surface area contributed by atoms with Crippen LogP contribution in [0.3, 0.4) is 0 Å². The van der Waals surface area contributed by atoms with E-state index in [1.54, 1.807) is 0 Å². The van der Waals surface area contributed by atoms with Crippen LogP contribution in [0.1, 0.15) is 27.2 Å². The third kappa shape index (κ3) is 5.09. The Morgan fingerprint density at radius 2 is 1.30 bits per heavy atom. The maximum absolute atomic E-state index is 5.55. The number of anilines is 1. The van der Waals surface area contributed by atoms with Crippen LogP contribution in [-0.2, 0) is 0 Å². The largest absolute Gasteiger partial charge is 0.494 e. The fourth-order valence-corrected chi connectivity index (χ4v) is 2.26. The maximum Gasteiger partial charge on any atom is 0.119 e. The number of hydrogen-bond donors (Lipinski definition) is 0. The van der Waals surface area contributed by atoms with Gasteiger partial charge in [-0.05, 0) is 68.8 Å². The summed E-state index contributed by atoms with van der Waals surface area (Å²) in [5, 5.41) is 8.55. The highest BCUT2D eigenvalue weighted by molar-refractivity contribution is 5.52. The van der Waals surface area contributed by atoms with Crippen molar-refractivity contribution < 1.29 is 4.74 Å². The summed E-state index contributed by atoms with van der Waals surface area (Å²) in [5.74, 6) is 0.870. The Hall–Kier alpha value is -2.36. The fourth-order valence-electron chi connectivity index (χ4n) is 2.26. The van der Waals surface area contributed by atoms with E-state index in [1.807, 2.05) is 36.4 Å². The first-order valence-electron chi connectivity index (χ1n) is 8.26. The van der Waals surface area contributed by atoms with Crippen LogP contribution in [0, 0.1) is 0 Å². The lowest BCUT2D eigenvalue weighted by Crippen LogP contribution is -2.21. The van der Waals surface area contributed by atoms with E-state index in [2.05, 4.69) is 48.0 Å². The zero-order valence-corrected chi connectivity index (χ0v) is 14.2. The number of hydrogen-bond acceptors (Lipinski definition) is 4. The van der Waals surface area contributed by atoms with Crippen LogP contribution in [0.2, 0.25) is 0 Å². The van der Waals surface area contributed by atoms with Crippen molar-refractivity contribution in [3.05, 3.63) is 48.5 Å². The SMILES string of the molecule is CCCOc1ccc(/N=N/c2ccc(N(CC)CC)cc2)cc1. The number of azo groups is 1. The van der Waals surface area contributed by atoms with E-state index < -0.39 is 0 Å². The zero-order chi connectivity index (χ0) is 16.5. The van der Waals surface area contributed by atoms with Crippen molar-refractivity contribution in [3.8, 4) is 5.75 Å². The van der Waals surface area contributed by atoms with E-state index in [9.17, 15) is 0 Å². The minimum absolute atomic E-state index is 0.736. The van der Waals surface area contributed by atoms with Crippen LogP contribution in [0.15, 0.2) is 58.8 Å². The quantitative estimate of drug-likeness (QED) is 0.583. The van der Waals surface area contributed by atoms with Crippen LogP contribution < -0.4 is 9.64 Å². The molecule has 0 bridgehead atoms. The van der Waals surface area contributed by atoms with Gasteiger partial charge in [0.1, 0.15) is 5.75 Å². The Kier molecular flexibility index (Phi) is 6.60. The normalized spacial score (nSPS) is 10.9. The summed E-state index contributed by atoms with van der Waals surface area (Å²) in [6.45, 7) is 9.15. The van der Waals surface area contributed by atoms with E-state index in [0.717, 1.165) is 43.2 Å². The molecule has 0 aliphatic rings. The Balaban J connectivity index is 1.99. The van der Waals surface area contributed by atoms with Crippen LogP contribution in [0.5, 0.6) is 5.75 Å².